The van der Waals surface area contributed by atoms with Gasteiger partial charge in [0.2, 0.25) is 0 Å². The molecule has 1 unspecified atom stereocenters. The number of hydrogen-bond acceptors (Lipinski definition) is 2. The minimum Gasteiger partial charge on any atom is -0.306 e. The van der Waals surface area contributed by atoms with Gasteiger partial charge in [-0.05, 0) is 24.6 Å². The van der Waals surface area contributed by atoms with Gasteiger partial charge >= 0.3 is 0 Å². The molecule has 3 heteroatoms. The fraction of sp³-hybridized carbons (Fsp3) is 0.455. The van der Waals surface area contributed by atoms with Crippen LogP contribution in [0.25, 0.3) is 0 Å². The summed E-state index contributed by atoms with van der Waals surface area (Å²) in [6.07, 6.45) is 0. The van der Waals surface area contributed by atoms with Gasteiger partial charge in [0.05, 0.1) is 0 Å². The van der Waals surface area contributed by atoms with E-state index in [0.717, 1.165) is 5.02 Å². The fourth-order valence-corrected chi connectivity index (χ4v) is 2.32. The number of nitrogens with one attached hydrogen (secondary N) is 1. The van der Waals surface area contributed by atoms with Gasteiger partial charge in [-0.25, -0.2) is 0 Å². The SMILES string of the molecule is CC(NC1CSC1)c1ccc(Cl)cc1. The van der Waals surface area contributed by atoms with Crippen LogP contribution in [0.1, 0.15) is 18.5 Å². The summed E-state index contributed by atoms with van der Waals surface area (Å²) in [4.78, 5) is 0. The van der Waals surface area contributed by atoms with Crippen LogP contribution in [0.4, 0.5) is 0 Å². The van der Waals surface area contributed by atoms with Crippen molar-refractivity contribution in [3.05, 3.63) is 34.9 Å². The van der Waals surface area contributed by atoms with E-state index in [4.69, 9.17) is 11.6 Å². The monoisotopic (exact) mass is 227 g/mol. The summed E-state index contributed by atoms with van der Waals surface area (Å²) in [5.41, 5.74) is 1.31. The second-order valence-electron chi connectivity index (χ2n) is 3.67. The minimum atomic E-state index is 0.429. The highest BCUT2D eigenvalue weighted by Crippen LogP contribution is 2.22. The Morgan fingerprint density at radius 2 is 2.00 bits per heavy atom. The van der Waals surface area contributed by atoms with Gasteiger partial charge in [-0.1, -0.05) is 23.7 Å². The van der Waals surface area contributed by atoms with Gasteiger partial charge in [-0.3, -0.25) is 0 Å². The molecule has 0 aliphatic carbocycles. The summed E-state index contributed by atoms with van der Waals surface area (Å²) < 4.78 is 0. The second-order valence-corrected chi connectivity index (χ2v) is 5.19. The van der Waals surface area contributed by atoms with Crippen LogP contribution in [-0.4, -0.2) is 17.5 Å². The third-order valence-corrected chi connectivity index (χ3v) is 4.02. The Morgan fingerprint density at radius 1 is 1.36 bits per heavy atom. The molecule has 1 fully saturated rings. The van der Waals surface area contributed by atoms with Crippen molar-refractivity contribution in [2.24, 2.45) is 0 Å². The minimum absolute atomic E-state index is 0.429. The topological polar surface area (TPSA) is 12.0 Å². The maximum atomic E-state index is 5.84. The lowest BCUT2D eigenvalue weighted by molar-refractivity contribution is 0.503. The molecule has 0 aromatic heterocycles. The van der Waals surface area contributed by atoms with Crippen LogP contribution in [0.5, 0.6) is 0 Å². The van der Waals surface area contributed by atoms with Gasteiger partial charge in [-0.2, -0.15) is 11.8 Å². The molecular formula is C11H14ClNS. The zero-order valence-electron chi connectivity index (χ0n) is 8.16. The first-order chi connectivity index (χ1) is 6.75. The zero-order chi connectivity index (χ0) is 9.97. The Morgan fingerprint density at radius 3 is 2.50 bits per heavy atom. The van der Waals surface area contributed by atoms with Gasteiger partial charge in [0.25, 0.3) is 0 Å². The normalized spacial score (nSPS) is 19.0. The molecule has 1 nitrogen and oxygen atoms in total. The van der Waals surface area contributed by atoms with E-state index in [9.17, 15) is 0 Å². The van der Waals surface area contributed by atoms with Crippen molar-refractivity contribution >= 4 is 23.4 Å². The molecule has 0 radical (unpaired) electrons. The third-order valence-electron chi connectivity index (χ3n) is 2.49. The Labute approximate surface area is 94.2 Å². The first-order valence-electron chi connectivity index (χ1n) is 4.85. The Bertz CT molecular complexity index is 295. The lowest BCUT2D eigenvalue weighted by Crippen LogP contribution is -2.41. The van der Waals surface area contributed by atoms with Gasteiger partial charge in [0.15, 0.2) is 0 Å². The maximum absolute atomic E-state index is 5.84. The van der Waals surface area contributed by atoms with E-state index in [1.54, 1.807) is 0 Å². The van der Waals surface area contributed by atoms with Gasteiger partial charge in [-0.15, -0.1) is 0 Å². The molecule has 76 valence electrons. The number of benzene rings is 1. The second kappa shape index (κ2) is 4.56. The van der Waals surface area contributed by atoms with E-state index in [1.807, 2.05) is 23.9 Å². The van der Waals surface area contributed by atoms with Crippen LogP contribution >= 0.6 is 23.4 Å². The van der Waals surface area contributed by atoms with E-state index in [1.165, 1.54) is 17.1 Å². The van der Waals surface area contributed by atoms with Crippen LogP contribution in [0.3, 0.4) is 0 Å². The average molecular weight is 228 g/mol. The van der Waals surface area contributed by atoms with Gasteiger partial charge in [0, 0.05) is 28.6 Å². The summed E-state index contributed by atoms with van der Waals surface area (Å²) in [5.74, 6) is 2.50. The van der Waals surface area contributed by atoms with Crippen molar-refractivity contribution in [1.29, 1.82) is 0 Å². The zero-order valence-corrected chi connectivity index (χ0v) is 9.74. The molecule has 1 aliphatic rings. The molecular weight excluding hydrogens is 214 g/mol. The summed E-state index contributed by atoms with van der Waals surface area (Å²) in [6.45, 7) is 2.20. The molecule has 14 heavy (non-hydrogen) atoms. The highest BCUT2D eigenvalue weighted by molar-refractivity contribution is 8.00. The molecule has 1 atom stereocenters. The van der Waals surface area contributed by atoms with Crippen molar-refractivity contribution in [3.63, 3.8) is 0 Å². The molecule has 0 amide bonds. The van der Waals surface area contributed by atoms with Crippen LogP contribution < -0.4 is 5.32 Å². The predicted molar refractivity (Wildman–Crippen MR) is 64.1 cm³/mol. The van der Waals surface area contributed by atoms with Crippen LogP contribution in [0.2, 0.25) is 5.02 Å². The highest BCUT2D eigenvalue weighted by atomic mass is 35.5. The summed E-state index contributed by atoms with van der Waals surface area (Å²) in [6, 6.07) is 9.20. The number of hydrogen-bond donors (Lipinski definition) is 1. The number of rotatable bonds is 3. The molecule has 0 saturated carbocycles. The molecule has 1 aliphatic heterocycles. The van der Waals surface area contributed by atoms with E-state index in [0.29, 0.717) is 12.1 Å². The lowest BCUT2D eigenvalue weighted by Gasteiger charge is -2.29. The first-order valence-corrected chi connectivity index (χ1v) is 6.38. The van der Waals surface area contributed by atoms with Gasteiger partial charge < -0.3 is 5.32 Å². The fourth-order valence-electron chi connectivity index (χ4n) is 1.53. The quantitative estimate of drug-likeness (QED) is 0.852. The van der Waals surface area contributed by atoms with Crippen molar-refractivity contribution in [2.75, 3.05) is 11.5 Å². The maximum Gasteiger partial charge on any atom is 0.0406 e. The summed E-state index contributed by atoms with van der Waals surface area (Å²) in [7, 11) is 0. The summed E-state index contributed by atoms with van der Waals surface area (Å²) in [5, 5.41) is 4.39. The molecule has 1 heterocycles. The van der Waals surface area contributed by atoms with Crippen molar-refractivity contribution < 1.29 is 0 Å². The number of thioether (sulfide) groups is 1. The molecule has 0 bridgehead atoms. The Kier molecular flexibility index (Phi) is 3.37. The predicted octanol–water partition coefficient (Wildman–Crippen LogP) is 3.11. The Balaban J connectivity index is 1.95. The van der Waals surface area contributed by atoms with E-state index < -0.39 is 0 Å². The lowest BCUT2D eigenvalue weighted by atomic mass is 10.1. The van der Waals surface area contributed by atoms with Crippen LogP contribution in [0.15, 0.2) is 24.3 Å². The number of halogens is 1. The first kappa shape index (κ1) is 10.3. The highest BCUT2D eigenvalue weighted by Gasteiger charge is 2.19. The molecule has 1 aromatic carbocycles. The van der Waals surface area contributed by atoms with E-state index in [-0.39, 0.29) is 0 Å². The molecule has 1 N–H and O–H groups in total. The van der Waals surface area contributed by atoms with Crippen LogP contribution in [0, 0.1) is 0 Å². The van der Waals surface area contributed by atoms with Crippen LogP contribution in [-0.2, 0) is 0 Å². The molecule has 1 aromatic rings. The van der Waals surface area contributed by atoms with Crippen molar-refractivity contribution in [2.45, 2.75) is 19.0 Å². The van der Waals surface area contributed by atoms with Crippen molar-refractivity contribution in [3.8, 4) is 0 Å². The van der Waals surface area contributed by atoms with Gasteiger partial charge in [0.1, 0.15) is 0 Å². The summed E-state index contributed by atoms with van der Waals surface area (Å²) >= 11 is 7.84. The van der Waals surface area contributed by atoms with E-state index >= 15 is 0 Å². The smallest absolute Gasteiger partial charge is 0.0406 e. The largest absolute Gasteiger partial charge is 0.306 e. The molecule has 2 rings (SSSR count). The molecule has 1 saturated heterocycles. The average Bonchev–Trinajstić information content (AvgIpc) is 2.12. The van der Waals surface area contributed by atoms with Crippen molar-refractivity contribution in [1.82, 2.24) is 5.32 Å². The standard InChI is InChI=1S/C11H14ClNS/c1-8(13-11-6-14-7-11)9-2-4-10(12)5-3-9/h2-5,8,11,13H,6-7H2,1H3. The third kappa shape index (κ3) is 2.44. The molecule has 0 spiro atoms. The van der Waals surface area contributed by atoms with E-state index in [2.05, 4.69) is 24.4 Å². The Hall–Kier alpha value is -0.180.